The summed E-state index contributed by atoms with van der Waals surface area (Å²) in [5, 5.41) is 0. The van der Waals surface area contributed by atoms with Crippen molar-refractivity contribution >= 4 is 5.91 Å². The van der Waals surface area contributed by atoms with Gasteiger partial charge in [-0.2, -0.15) is 0 Å². The van der Waals surface area contributed by atoms with E-state index in [1.54, 1.807) is 4.90 Å². The first kappa shape index (κ1) is 19.5. The van der Waals surface area contributed by atoms with Gasteiger partial charge in [-0.05, 0) is 42.9 Å². The minimum absolute atomic E-state index is 0.154. The number of rotatable bonds is 10. The minimum Gasteiger partial charge on any atom is -0.494 e. The number of aryl methyl sites for hydroxylation is 1. The Hall–Kier alpha value is -1.55. The minimum atomic E-state index is 0.154. The first-order valence-corrected chi connectivity index (χ1v) is 8.65. The van der Waals surface area contributed by atoms with Gasteiger partial charge in [0.1, 0.15) is 5.75 Å². The molecule has 1 unspecified atom stereocenters. The molecule has 0 radical (unpaired) electrons. The van der Waals surface area contributed by atoms with Gasteiger partial charge in [-0.15, -0.1) is 0 Å². The number of nitrogens with two attached hydrogens (primary N) is 1. The molecule has 1 aromatic rings. The Balaban J connectivity index is 2.34. The largest absolute Gasteiger partial charge is 0.494 e. The van der Waals surface area contributed by atoms with Crippen LogP contribution in [0.25, 0.3) is 0 Å². The summed E-state index contributed by atoms with van der Waals surface area (Å²) in [5.74, 6) is 1.51. The summed E-state index contributed by atoms with van der Waals surface area (Å²) in [5.41, 5.74) is 7.19. The number of hydrogen-bond donors (Lipinski definition) is 1. The Morgan fingerprint density at radius 2 is 1.91 bits per heavy atom. The lowest BCUT2D eigenvalue weighted by atomic mass is 10.0. The molecule has 4 nitrogen and oxygen atoms in total. The molecule has 2 N–H and O–H groups in total. The molecule has 1 rings (SSSR count). The van der Waals surface area contributed by atoms with E-state index in [2.05, 4.69) is 20.8 Å². The van der Waals surface area contributed by atoms with Gasteiger partial charge in [0.15, 0.2) is 0 Å². The molecular formula is C19H32N2O2. The van der Waals surface area contributed by atoms with Gasteiger partial charge in [-0.3, -0.25) is 4.79 Å². The van der Waals surface area contributed by atoms with E-state index in [9.17, 15) is 4.79 Å². The van der Waals surface area contributed by atoms with Crippen molar-refractivity contribution in [2.45, 2.75) is 52.5 Å². The molecule has 130 valence electrons. The zero-order valence-corrected chi connectivity index (χ0v) is 15.0. The highest BCUT2D eigenvalue weighted by molar-refractivity contribution is 5.76. The SMILES string of the molecule is CCCOc1ccc(CCC(=O)N(C)CCC(N)C(C)C)cc1. The molecule has 1 atom stereocenters. The van der Waals surface area contributed by atoms with E-state index >= 15 is 0 Å². The second kappa shape index (κ2) is 10.3. The van der Waals surface area contributed by atoms with E-state index in [0.29, 0.717) is 12.3 Å². The Morgan fingerprint density at radius 1 is 1.26 bits per heavy atom. The van der Waals surface area contributed by atoms with E-state index < -0.39 is 0 Å². The predicted molar refractivity (Wildman–Crippen MR) is 95.6 cm³/mol. The van der Waals surface area contributed by atoms with Crippen LogP contribution in [0.2, 0.25) is 0 Å². The number of benzene rings is 1. The number of nitrogens with zero attached hydrogens (tertiary/aromatic N) is 1. The van der Waals surface area contributed by atoms with Crippen LogP contribution < -0.4 is 10.5 Å². The van der Waals surface area contributed by atoms with Crippen LogP contribution in [0.1, 0.15) is 45.6 Å². The quantitative estimate of drug-likeness (QED) is 0.720. The summed E-state index contributed by atoms with van der Waals surface area (Å²) in [6.45, 7) is 7.77. The van der Waals surface area contributed by atoms with E-state index in [-0.39, 0.29) is 11.9 Å². The van der Waals surface area contributed by atoms with Gasteiger partial charge < -0.3 is 15.4 Å². The van der Waals surface area contributed by atoms with Crippen LogP contribution in [0.5, 0.6) is 5.75 Å². The van der Waals surface area contributed by atoms with Crippen molar-refractivity contribution in [1.29, 1.82) is 0 Å². The fraction of sp³-hybridized carbons (Fsp3) is 0.632. The lowest BCUT2D eigenvalue weighted by Gasteiger charge is -2.21. The predicted octanol–water partition coefficient (Wildman–Crippen LogP) is 3.24. The summed E-state index contributed by atoms with van der Waals surface area (Å²) in [6.07, 6.45) is 3.14. The molecule has 0 spiro atoms. The highest BCUT2D eigenvalue weighted by Gasteiger charge is 2.12. The van der Waals surface area contributed by atoms with Crippen molar-refractivity contribution in [1.82, 2.24) is 4.90 Å². The number of carbonyl (C=O) groups is 1. The second-order valence-electron chi connectivity index (χ2n) is 6.50. The molecule has 23 heavy (non-hydrogen) atoms. The molecule has 4 heteroatoms. The molecule has 0 fully saturated rings. The smallest absolute Gasteiger partial charge is 0.222 e. The summed E-state index contributed by atoms with van der Waals surface area (Å²) in [4.78, 5) is 14.0. The first-order valence-electron chi connectivity index (χ1n) is 8.65. The van der Waals surface area contributed by atoms with Crippen LogP contribution in [-0.2, 0) is 11.2 Å². The Morgan fingerprint density at radius 3 is 2.48 bits per heavy atom. The van der Waals surface area contributed by atoms with Gasteiger partial charge in [0.2, 0.25) is 5.91 Å². The van der Waals surface area contributed by atoms with Gasteiger partial charge in [0.05, 0.1) is 6.61 Å². The van der Waals surface area contributed by atoms with Gasteiger partial charge in [0, 0.05) is 26.1 Å². The lowest BCUT2D eigenvalue weighted by Crippen LogP contribution is -2.34. The van der Waals surface area contributed by atoms with Crippen LogP contribution in [-0.4, -0.2) is 37.0 Å². The molecule has 0 aliphatic heterocycles. The number of ether oxygens (including phenoxy) is 1. The van der Waals surface area contributed by atoms with Crippen molar-refractivity contribution in [2.75, 3.05) is 20.2 Å². The average molecular weight is 320 g/mol. The molecule has 0 bridgehead atoms. The third-order valence-electron chi connectivity index (χ3n) is 4.10. The molecule has 0 saturated heterocycles. The van der Waals surface area contributed by atoms with Gasteiger partial charge in [0.25, 0.3) is 0 Å². The maximum Gasteiger partial charge on any atom is 0.222 e. The lowest BCUT2D eigenvalue weighted by molar-refractivity contribution is -0.129. The number of carbonyl (C=O) groups excluding carboxylic acids is 1. The molecule has 0 aromatic heterocycles. The van der Waals surface area contributed by atoms with Crippen molar-refractivity contribution in [3.63, 3.8) is 0 Å². The van der Waals surface area contributed by atoms with Crippen molar-refractivity contribution < 1.29 is 9.53 Å². The molecule has 0 saturated carbocycles. The number of amides is 1. The van der Waals surface area contributed by atoms with Crippen molar-refractivity contribution in [3.8, 4) is 5.75 Å². The molecule has 0 aliphatic rings. The second-order valence-corrected chi connectivity index (χ2v) is 6.50. The molecule has 0 aliphatic carbocycles. The van der Waals surface area contributed by atoms with Crippen molar-refractivity contribution in [3.05, 3.63) is 29.8 Å². The van der Waals surface area contributed by atoms with Gasteiger partial charge in [-0.1, -0.05) is 32.9 Å². The van der Waals surface area contributed by atoms with Gasteiger partial charge >= 0.3 is 0 Å². The Labute approximate surface area is 141 Å². The van der Waals surface area contributed by atoms with Crippen LogP contribution in [0.3, 0.4) is 0 Å². The maximum absolute atomic E-state index is 12.2. The summed E-state index contributed by atoms with van der Waals surface area (Å²) < 4.78 is 5.56. The molecule has 0 heterocycles. The van der Waals surface area contributed by atoms with E-state index in [1.807, 2.05) is 31.3 Å². The van der Waals surface area contributed by atoms with Crippen LogP contribution in [0.15, 0.2) is 24.3 Å². The van der Waals surface area contributed by atoms with Crippen LogP contribution in [0, 0.1) is 5.92 Å². The molecular weight excluding hydrogens is 288 g/mol. The summed E-state index contributed by atoms with van der Waals surface area (Å²) in [6, 6.07) is 8.17. The summed E-state index contributed by atoms with van der Waals surface area (Å²) in [7, 11) is 1.86. The fourth-order valence-corrected chi connectivity index (χ4v) is 2.22. The average Bonchev–Trinajstić information content (AvgIpc) is 2.55. The number of hydrogen-bond acceptors (Lipinski definition) is 3. The molecule has 1 amide bonds. The zero-order chi connectivity index (χ0) is 17.2. The van der Waals surface area contributed by atoms with E-state index in [1.165, 1.54) is 0 Å². The topological polar surface area (TPSA) is 55.6 Å². The zero-order valence-electron chi connectivity index (χ0n) is 15.0. The molecule has 1 aromatic carbocycles. The normalized spacial score (nSPS) is 12.3. The monoisotopic (exact) mass is 320 g/mol. The Bertz CT molecular complexity index is 457. The third-order valence-corrected chi connectivity index (χ3v) is 4.10. The highest BCUT2D eigenvalue weighted by Crippen LogP contribution is 2.14. The summed E-state index contributed by atoms with van der Waals surface area (Å²) >= 11 is 0. The van der Waals surface area contributed by atoms with E-state index in [0.717, 1.165) is 43.7 Å². The van der Waals surface area contributed by atoms with Crippen LogP contribution in [0.4, 0.5) is 0 Å². The first-order chi connectivity index (χ1) is 10.9. The standard InChI is InChI=1S/C19H32N2O2/c1-5-14-23-17-9-6-16(7-10-17)8-11-19(22)21(4)13-12-18(20)15(2)3/h6-7,9-10,15,18H,5,8,11-14,20H2,1-4H3. The van der Waals surface area contributed by atoms with Crippen LogP contribution >= 0.6 is 0 Å². The third kappa shape index (κ3) is 7.51. The van der Waals surface area contributed by atoms with E-state index in [4.69, 9.17) is 10.5 Å². The van der Waals surface area contributed by atoms with Gasteiger partial charge in [-0.25, -0.2) is 0 Å². The highest BCUT2D eigenvalue weighted by atomic mass is 16.5. The maximum atomic E-state index is 12.2. The fourth-order valence-electron chi connectivity index (χ4n) is 2.22. The Kier molecular flexibility index (Phi) is 8.70. The van der Waals surface area contributed by atoms with Crippen molar-refractivity contribution in [2.24, 2.45) is 11.7 Å².